The number of aromatic nitrogens is 2. The number of nitrogens with zero attached hydrogens (tertiary/aromatic N) is 1. The molecular weight excluding hydrogens is 234 g/mol. The molecular formula is C12H13N3O3. The minimum Gasteiger partial charge on any atom is -0.504 e. The molecule has 0 aliphatic rings. The number of aromatic hydroxyl groups is 2. The molecule has 94 valence electrons. The Labute approximate surface area is 103 Å². The molecule has 0 amide bonds. The average molecular weight is 247 g/mol. The maximum Gasteiger partial charge on any atom is 0.264 e. The van der Waals surface area contributed by atoms with E-state index in [0.29, 0.717) is 18.8 Å². The summed E-state index contributed by atoms with van der Waals surface area (Å²) >= 11 is 0. The smallest absolute Gasteiger partial charge is 0.264 e. The monoisotopic (exact) mass is 247 g/mol. The second kappa shape index (κ2) is 5.22. The molecule has 6 heteroatoms. The van der Waals surface area contributed by atoms with Crippen molar-refractivity contribution in [2.45, 2.75) is 6.42 Å². The van der Waals surface area contributed by atoms with Gasteiger partial charge in [0.25, 0.3) is 5.56 Å². The lowest BCUT2D eigenvalue weighted by atomic mass is 10.1. The molecule has 0 spiro atoms. The molecule has 0 fully saturated rings. The van der Waals surface area contributed by atoms with Crippen molar-refractivity contribution in [3.8, 4) is 11.5 Å². The normalized spacial score (nSPS) is 10.2. The number of rotatable bonds is 4. The molecule has 4 N–H and O–H groups in total. The standard InChI is InChI=1S/C12H13N3O3/c16-9-2-1-8(7-10(9)17)5-6-13-11-3-4-12(18)15-14-11/h1-4,7,16-17H,5-6H2,(H,13,14)(H,15,18). The van der Waals surface area contributed by atoms with E-state index >= 15 is 0 Å². The van der Waals surface area contributed by atoms with Crippen molar-refractivity contribution in [1.82, 2.24) is 10.2 Å². The van der Waals surface area contributed by atoms with Gasteiger partial charge in [-0.05, 0) is 30.2 Å². The van der Waals surface area contributed by atoms with Gasteiger partial charge < -0.3 is 15.5 Å². The number of phenolic OH excluding ortho intramolecular Hbond substituents is 2. The van der Waals surface area contributed by atoms with E-state index in [0.717, 1.165) is 5.56 Å². The third-order valence-electron chi connectivity index (χ3n) is 2.44. The number of H-pyrrole nitrogens is 1. The van der Waals surface area contributed by atoms with Gasteiger partial charge >= 0.3 is 0 Å². The maximum atomic E-state index is 10.8. The first-order chi connectivity index (χ1) is 8.65. The van der Waals surface area contributed by atoms with Crippen molar-refractivity contribution < 1.29 is 10.2 Å². The third-order valence-corrected chi connectivity index (χ3v) is 2.44. The van der Waals surface area contributed by atoms with Gasteiger partial charge in [0.15, 0.2) is 11.5 Å². The molecule has 0 radical (unpaired) electrons. The number of hydrogen-bond acceptors (Lipinski definition) is 5. The van der Waals surface area contributed by atoms with E-state index in [1.54, 1.807) is 12.1 Å². The highest BCUT2D eigenvalue weighted by atomic mass is 16.3. The van der Waals surface area contributed by atoms with Gasteiger partial charge in [0.1, 0.15) is 5.82 Å². The van der Waals surface area contributed by atoms with Gasteiger partial charge in [-0.1, -0.05) is 6.07 Å². The molecule has 0 saturated carbocycles. The summed E-state index contributed by atoms with van der Waals surface area (Å²) in [5.74, 6) is 0.321. The summed E-state index contributed by atoms with van der Waals surface area (Å²) < 4.78 is 0. The number of phenols is 2. The molecule has 2 rings (SSSR count). The highest BCUT2D eigenvalue weighted by molar-refractivity contribution is 5.41. The van der Waals surface area contributed by atoms with Crippen LogP contribution >= 0.6 is 0 Å². The summed E-state index contributed by atoms with van der Waals surface area (Å²) in [6, 6.07) is 7.67. The summed E-state index contributed by atoms with van der Waals surface area (Å²) in [6.07, 6.45) is 0.661. The van der Waals surface area contributed by atoms with E-state index in [1.807, 2.05) is 0 Å². The van der Waals surface area contributed by atoms with Crippen molar-refractivity contribution in [2.75, 3.05) is 11.9 Å². The molecule has 0 atom stereocenters. The van der Waals surface area contributed by atoms with Crippen molar-refractivity contribution in [1.29, 1.82) is 0 Å². The minimum absolute atomic E-state index is 0.130. The van der Waals surface area contributed by atoms with Crippen LogP contribution in [0.1, 0.15) is 5.56 Å². The molecule has 1 heterocycles. The molecule has 1 aromatic carbocycles. The van der Waals surface area contributed by atoms with Gasteiger partial charge in [-0.15, -0.1) is 0 Å². The van der Waals surface area contributed by atoms with Crippen LogP contribution in [0.4, 0.5) is 5.82 Å². The Kier molecular flexibility index (Phi) is 3.47. The first-order valence-electron chi connectivity index (χ1n) is 5.45. The average Bonchev–Trinajstić information content (AvgIpc) is 2.36. The van der Waals surface area contributed by atoms with Crippen LogP contribution in [0, 0.1) is 0 Å². The van der Waals surface area contributed by atoms with Gasteiger partial charge in [0.05, 0.1) is 0 Å². The Morgan fingerprint density at radius 2 is 2.00 bits per heavy atom. The van der Waals surface area contributed by atoms with E-state index in [9.17, 15) is 9.90 Å². The van der Waals surface area contributed by atoms with Crippen LogP contribution in [0.25, 0.3) is 0 Å². The first-order valence-corrected chi connectivity index (χ1v) is 5.45. The second-order valence-corrected chi connectivity index (χ2v) is 3.81. The fourth-order valence-electron chi connectivity index (χ4n) is 1.50. The first kappa shape index (κ1) is 12.0. The number of hydrogen-bond donors (Lipinski definition) is 4. The van der Waals surface area contributed by atoms with Crippen LogP contribution in [0.15, 0.2) is 35.1 Å². The van der Waals surface area contributed by atoms with Crippen molar-refractivity contribution in [2.24, 2.45) is 0 Å². The number of benzene rings is 1. The number of anilines is 1. The Bertz CT molecular complexity index is 575. The van der Waals surface area contributed by atoms with E-state index < -0.39 is 0 Å². The zero-order valence-corrected chi connectivity index (χ0v) is 9.55. The van der Waals surface area contributed by atoms with Crippen LogP contribution in [0.2, 0.25) is 0 Å². The fourth-order valence-corrected chi connectivity index (χ4v) is 1.50. The lowest BCUT2D eigenvalue weighted by Crippen LogP contribution is -2.11. The van der Waals surface area contributed by atoms with Gasteiger partial charge in [0, 0.05) is 12.6 Å². The summed E-state index contributed by atoms with van der Waals surface area (Å²) in [4.78, 5) is 10.8. The van der Waals surface area contributed by atoms with Crippen LogP contribution in [0.3, 0.4) is 0 Å². The molecule has 0 unspecified atom stereocenters. The van der Waals surface area contributed by atoms with Crippen molar-refractivity contribution in [3.63, 3.8) is 0 Å². The molecule has 1 aromatic heterocycles. The topological polar surface area (TPSA) is 98.2 Å². The number of aromatic amines is 1. The highest BCUT2D eigenvalue weighted by Crippen LogP contribution is 2.24. The quantitative estimate of drug-likeness (QED) is 0.600. The maximum absolute atomic E-state index is 10.8. The van der Waals surface area contributed by atoms with E-state index in [1.165, 1.54) is 18.2 Å². The van der Waals surface area contributed by atoms with Crippen LogP contribution < -0.4 is 10.9 Å². The summed E-state index contributed by atoms with van der Waals surface area (Å²) in [6.45, 7) is 0.600. The van der Waals surface area contributed by atoms with Crippen LogP contribution in [0.5, 0.6) is 11.5 Å². The van der Waals surface area contributed by atoms with Gasteiger partial charge in [-0.3, -0.25) is 4.79 Å². The lowest BCUT2D eigenvalue weighted by molar-refractivity contribution is 0.403. The molecule has 0 bridgehead atoms. The molecule has 0 aliphatic carbocycles. The Morgan fingerprint density at radius 1 is 1.17 bits per heavy atom. The van der Waals surface area contributed by atoms with E-state index in [4.69, 9.17) is 5.11 Å². The summed E-state index contributed by atoms with van der Waals surface area (Å²) in [5, 5.41) is 27.6. The largest absolute Gasteiger partial charge is 0.504 e. The molecule has 0 saturated heterocycles. The molecule has 2 aromatic rings. The Hall–Kier alpha value is -2.50. The summed E-state index contributed by atoms with van der Waals surface area (Å²) in [5.41, 5.74) is 0.645. The number of nitrogens with one attached hydrogen (secondary N) is 2. The Balaban J connectivity index is 1.90. The summed E-state index contributed by atoms with van der Waals surface area (Å²) in [7, 11) is 0. The molecule has 0 aliphatic heterocycles. The Morgan fingerprint density at radius 3 is 2.67 bits per heavy atom. The predicted molar refractivity (Wildman–Crippen MR) is 66.8 cm³/mol. The van der Waals surface area contributed by atoms with Crippen molar-refractivity contribution >= 4 is 5.82 Å². The molecule has 18 heavy (non-hydrogen) atoms. The second-order valence-electron chi connectivity index (χ2n) is 3.81. The SMILES string of the molecule is O=c1ccc(NCCc2ccc(O)c(O)c2)n[nH]1. The van der Waals surface area contributed by atoms with Crippen LogP contribution in [-0.2, 0) is 6.42 Å². The highest BCUT2D eigenvalue weighted by Gasteiger charge is 2.00. The fraction of sp³-hybridized carbons (Fsp3) is 0.167. The third kappa shape index (κ3) is 3.00. The predicted octanol–water partition coefficient (Wildman–Crippen LogP) is 0.836. The van der Waals surface area contributed by atoms with Gasteiger partial charge in [-0.2, -0.15) is 5.10 Å². The molecule has 6 nitrogen and oxygen atoms in total. The van der Waals surface area contributed by atoms with Gasteiger partial charge in [0.2, 0.25) is 0 Å². The lowest BCUT2D eigenvalue weighted by Gasteiger charge is -2.05. The van der Waals surface area contributed by atoms with Crippen LogP contribution in [-0.4, -0.2) is 27.0 Å². The van der Waals surface area contributed by atoms with Crippen molar-refractivity contribution in [3.05, 3.63) is 46.2 Å². The zero-order chi connectivity index (χ0) is 13.0. The minimum atomic E-state index is -0.246. The van der Waals surface area contributed by atoms with Gasteiger partial charge in [-0.25, -0.2) is 5.10 Å². The van der Waals surface area contributed by atoms with E-state index in [2.05, 4.69) is 15.5 Å². The zero-order valence-electron chi connectivity index (χ0n) is 9.55. The van der Waals surface area contributed by atoms with E-state index in [-0.39, 0.29) is 17.1 Å².